The van der Waals surface area contributed by atoms with Crippen LogP contribution in [0.5, 0.6) is 0 Å². The zero-order chi connectivity index (χ0) is 10.7. The molecule has 14 heavy (non-hydrogen) atoms. The predicted molar refractivity (Wildman–Crippen MR) is 61.4 cm³/mol. The van der Waals surface area contributed by atoms with Crippen LogP contribution in [0.4, 0.5) is 5.69 Å². The quantitative estimate of drug-likeness (QED) is 0.663. The van der Waals surface area contributed by atoms with E-state index >= 15 is 0 Å². The molecule has 0 aliphatic heterocycles. The molecule has 0 aliphatic rings. The Bertz CT molecular complexity index is 350. The third-order valence-corrected chi connectivity index (χ3v) is 2.50. The van der Waals surface area contributed by atoms with Crippen LogP contribution in [0.15, 0.2) is 22.7 Å². The summed E-state index contributed by atoms with van der Waals surface area (Å²) in [5, 5.41) is 0. The lowest BCUT2D eigenvalue weighted by atomic mass is 10.1. The van der Waals surface area contributed by atoms with Gasteiger partial charge < -0.3 is 10.6 Å². The lowest BCUT2D eigenvalue weighted by Gasteiger charge is -2.08. The molecule has 0 atom stereocenters. The van der Waals surface area contributed by atoms with Gasteiger partial charge in [-0.05, 0) is 42.2 Å². The van der Waals surface area contributed by atoms with Crippen molar-refractivity contribution < 1.29 is 4.79 Å². The molecule has 76 valence electrons. The van der Waals surface area contributed by atoms with Gasteiger partial charge >= 0.3 is 0 Å². The number of hydrogen-bond donors (Lipinski definition) is 1. The Balaban J connectivity index is 2.86. The van der Waals surface area contributed by atoms with Crippen molar-refractivity contribution in [3.05, 3.63) is 28.2 Å². The molecule has 0 fully saturated rings. The van der Waals surface area contributed by atoms with Gasteiger partial charge in [-0.1, -0.05) is 6.07 Å². The topological polar surface area (TPSA) is 46.3 Å². The van der Waals surface area contributed by atoms with Crippen molar-refractivity contribution in [2.75, 3.05) is 26.4 Å². The van der Waals surface area contributed by atoms with Crippen LogP contribution in [0.2, 0.25) is 0 Å². The van der Waals surface area contributed by atoms with E-state index in [1.165, 1.54) is 0 Å². The summed E-state index contributed by atoms with van der Waals surface area (Å²) in [4.78, 5) is 13.4. The summed E-state index contributed by atoms with van der Waals surface area (Å²) in [5.41, 5.74) is 6.92. The van der Waals surface area contributed by atoms with Gasteiger partial charge in [-0.3, -0.25) is 4.79 Å². The summed E-state index contributed by atoms with van der Waals surface area (Å²) in [5.74, 6) is 0.0780. The second-order valence-electron chi connectivity index (χ2n) is 3.40. The van der Waals surface area contributed by atoms with Crippen molar-refractivity contribution in [2.45, 2.75) is 0 Å². The molecule has 0 saturated heterocycles. The molecule has 0 aliphatic carbocycles. The van der Waals surface area contributed by atoms with Crippen LogP contribution in [0.25, 0.3) is 0 Å². The molecule has 0 spiro atoms. The van der Waals surface area contributed by atoms with Crippen LogP contribution in [-0.2, 0) is 0 Å². The van der Waals surface area contributed by atoms with Gasteiger partial charge in [0.1, 0.15) is 0 Å². The third-order valence-electron chi connectivity index (χ3n) is 1.78. The number of anilines is 1. The zero-order valence-electron chi connectivity index (χ0n) is 8.25. The fraction of sp³-hybridized carbons (Fsp3) is 0.300. The lowest BCUT2D eigenvalue weighted by molar-refractivity contribution is 0.0958. The summed E-state index contributed by atoms with van der Waals surface area (Å²) >= 11 is 3.28. The smallest absolute Gasteiger partial charge is 0.176 e. The minimum absolute atomic E-state index is 0.0780. The number of rotatable bonds is 3. The summed E-state index contributed by atoms with van der Waals surface area (Å²) in [6, 6.07) is 5.25. The minimum atomic E-state index is 0.0780. The number of Topliss-reactive ketones (excluding diaryl/α,β-unsaturated/α-hetero) is 1. The molecule has 1 rings (SSSR count). The Labute approximate surface area is 92.0 Å². The van der Waals surface area contributed by atoms with Crippen LogP contribution < -0.4 is 5.73 Å². The molecule has 0 saturated carbocycles. The van der Waals surface area contributed by atoms with Crippen LogP contribution in [0.1, 0.15) is 10.4 Å². The highest BCUT2D eigenvalue weighted by molar-refractivity contribution is 9.10. The molecular formula is C10H13BrN2O. The maximum absolute atomic E-state index is 11.6. The maximum atomic E-state index is 11.6. The molecule has 1 aromatic rings. The van der Waals surface area contributed by atoms with Crippen molar-refractivity contribution in [3.8, 4) is 0 Å². The van der Waals surface area contributed by atoms with E-state index in [-0.39, 0.29) is 5.78 Å². The van der Waals surface area contributed by atoms with Gasteiger partial charge in [-0.2, -0.15) is 0 Å². The van der Waals surface area contributed by atoms with Crippen molar-refractivity contribution in [1.29, 1.82) is 0 Å². The van der Waals surface area contributed by atoms with Gasteiger partial charge in [0.15, 0.2) is 5.78 Å². The van der Waals surface area contributed by atoms with Gasteiger partial charge in [0, 0.05) is 15.7 Å². The summed E-state index contributed by atoms with van der Waals surface area (Å²) in [6.07, 6.45) is 0. The molecule has 0 bridgehead atoms. The molecule has 0 amide bonds. The number of hydrogen-bond acceptors (Lipinski definition) is 3. The van der Waals surface area contributed by atoms with E-state index in [4.69, 9.17) is 5.73 Å². The van der Waals surface area contributed by atoms with Crippen LogP contribution in [0, 0.1) is 0 Å². The van der Waals surface area contributed by atoms with Crippen molar-refractivity contribution in [3.63, 3.8) is 0 Å². The normalized spacial score (nSPS) is 10.6. The van der Waals surface area contributed by atoms with Crippen molar-refractivity contribution in [2.24, 2.45) is 0 Å². The summed E-state index contributed by atoms with van der Waals surface area (Å²) < 4.78 is 0.818. The molecule has 0 unspecified atom stereocenters. The monoisotopic (exact) mass is 256 g/mol. The van der Waals surface area contributed by atoms with Gasteiger partial charge in [0.25, 0.3) is 0 Å². The first-order chi connectivity index (χ1) is 6.50. The van der Waals surface area contributed by atoms with Gasteiger partial charge in [-0.15, -0.1) is 0 Å². The molecule has 3 nitrogen and oxygen atoms in total. The summed E-state index contributed by atoms with van der Waals surface area (Å²) in [7, 11) is 3.72. The molecule has 1 aromatic carbocycles. The Morgan fingerprint density at radius 3 is 2.64 bits per heavy atom. The van der Waals surface area contributed by atoms with E-state index in [9.17, 15) is 4.79 Å². The maximum Gasteiger partial charge on any atom is 0.176 e. The van der Waals surface area contributed by atoms with E-state index < -0.39 is 0 Å². The zero-order valence-corrected chi connectivity index (χ0v) is 9.84. The highest BCUT2D eigenvalue weighted by Gasteiger charge is 2.08. The predicted octanol–water partition coefficient (Wildman–Crippen LogP) is 1.78. The Morgan fingerprint density at radius 1 is 1.50 bits per heavy atom. The highest BCUT2D eigenvalue weighted by Crippen LogP contribution is 2.20. The fourth-order valence-corrected chi connectivity index (χ4v) is 1.34. The lowest BCUT2D eigenvalue weighted by Crippen LogP contribution is -2.21. The molecular weight excluding hydrogens is 244 g/mol. The number of nitrogens with two attached hydrogens (primary N) is 1. The van der Waals surface area contributed by atoms with Gasteiger partial charge in [0.2, 0.25) is 0 Å². The average molecular weight is 257 g/mol. The molecule has 0 heterocycles. The van der Waals surface area contributed by atoms with E-state index in [1.807, 2.05) is 19.0 Å². The standard InChI is InChI=1S/C10H13BrN2O/c1-13(2)6-10(14)7-3-4-8(11)9(12)5-7/h3-5H,6,12H2,1-2H3. The van der Waals surface area contributed by atoms with Crippen molar-refractivity contribution in [1.82, 2.24) is 4.90 Å². The molecule has 0 radical (unpaired) electrons. The van der Waals surface area contributed by atoms with E-state index in [2.05, 4.69) is 15.9 Å². The summed E-state index contributed by atoms with van der Waals surface area (Å²) in [6.45, 7) is 0.404. The highest BCUT2D eigenvalue weighted by atomic mass is 79.9. The second kappa shape index (κ2) is 4.57. The first kappa shape index (κ1) is 11.2. The number of benzene rings is 1. The largest absolute Gasteiger partial charge is 0.398 e. The van der Waals surface area contributed by atoms with Crippen LogP contribution in [0.3, 0.4) is 0 Å². The van der Waals surface area contributed by atoms with Gasteiger partial charge in [0.05, 0.1) is 6.54 Å². The van der Waals surface area contributed by atoms with E-state index in [0.29, 0.717) is 17.8 Å². The first-order valence-electron chi connectivity index (χ1n) is 4.23. The van der Waals surface area contributed by atoms with E-state index in [1.54, 1.807) is 18.2 Å². The molecule has 4 heteroatoms. The third kappa shape index (κ3) is 2.82. The number of ketones is 1. The average Bonchev–Trinajstić information content (AvgIpc) is 2.08. The first-order valence-corrected chi connectivity index (χ1v) is 5.03. The molecule has 2 N–H and O–H groups in total. The Hall–Kier alpha value is -0.870. The number of halogens is 1. The van der Waals surface area contributed by atoms with Crippen LogP contribution in [-0.4, -0.2) is 31.3 Å². The Kier molecular flexibility index (Phi) is 3.66. The Morgan fingerprint density at radius 2 is 2.14 bits per heavy atom. The minimum Gasteiger partial charge on any atom is -0.398 e. The van der Waals surface area contributed by atoms with Gasteiger partial charge in [-0.25, -0.2) is 0 Å². The fourth-order valence-electron chi connectivity index (χ4n) is 1.10. The molecule has 0 aromatic heterocycles. The van der Waals surface area contributed by atoms with E-state index in [0.717, 1.165) is 4.47 Å². The number of nitrogen functional groups attached to an aromatic ring is 1. The second-order valence-corrected chi connectivity index (χ2v) is 4.25. The SMILES string of the molecule is CN(C)CC(=O)c1ccc(Br)c(N)c1. The number of nitrogens with zero attached hydrogens (tertiary/aromatic N) is 1. The number of carbonyl (C=O) groups is 1. The number of carbonyl (C=O) groups excluding carboxylic acids is 1. The van der Waals surface area contributed by atoms with Crippen LogP contribution >= 0.6 is 15.9 Å². The van der Waals surface area contributed by atoms with Crippen molar-refractivity contribution >= 4 is 27.4 Å². The number of likely N-dealkylation sites (N-methyl/N-ethyl adjacent to an activating group) is 1.